The van der Waals surface area contributed by atoms with Gasteiger partial charge < -0.3 is 9.47 Å². The molecule has 0 amide bonds. The first-order valence-electron chi connectivity index (χ1n) is 9.01. The van der Waals surface area contributed by atoms with Gasteiger partial charge in [0.1, 0.15) is 5.75 Å². The molecule has 3 rings (SSSR count). The van der Waals surface area contributed by atoms with Gasteiger partial charge in [-0.25, -0.2) is 0 Å². The highest BCUT2D eigenvalue weighted by Crippen LogP contribution is 2.29. The van der Waals surface area contributed by atoms with E-state index in [0.717, 1.165) is 33.7 Å². The smallest absolute Gasteiger partial charge is 0.273 e. The van der Waals surface area contributed by atoms with Crippen molar-refractivity contribution in [3.8, 4) is 11.4 Å². The van der Waals surface area contributed by atoms with Crippen molar-refractivity contribution in [3.05, 3.63) is 87.1 Å². The lowest BCUT2D eigenvalue weighted by Crippen LogP contribution is -2.17. The molecule has 0 N–H and O–H groups in total. The predicted octanol–water partition coefficient (Wildman–Crippen LogP) is 4.17. The van der Waals surface area contributed by atoms with Crippen molar-refractivity contribution in [2.45, 2.75) is 20.5 Å². The van der Waals surface area contributed by atoms with Crippen molar-refractivity contribution in [1.82, 2.24) is 9.55 Å². The topological polar surface area (TPSA) is 53.4 Å². The first-order chi connectivity index (χ1) is 13.5. The molecule has 0 atom stereocenters. The Balaban J connectivity index is 2.08. The number of nitrogens with zero attached hydrogens (tertiary/aromatic N) is 2. The lowest BCUT2D eigenvalue weighted by molar-refractivity contribution is 0.184. The average Bonchev–Trinajstić information content (AvgIpc) is 2.67. The van der Waals surface area contributed by atoms with Crippen molar-refractivity contribution in [3.63, 3.8) is 0 Å². The highest BCUT2D eigenvalue weighted by atomic mass is 16.5. The number of benzene rings is 2. The summed E-state index contributed by atoms with van der Waals surface area (Å²) in [4.78, 5) is 16.0. The Hall–Kier alpha value is -3.18. The van der Waals surface area contributed by atoms with Crippen LogP contribution in [-0.2, 0) is 11.3 Å². The van der Waals surface area contributed by atoms with E-state index < -0.39 is 0 Å². The number of aryl methyl sites for hydroxylation is 2. The number of aromatic nitrogens is 2. The molecule has 1 aromatic heterocycles. The first-order valence-corrected chi connectivity index (χ1v) is 9.01. The van der Waals surface area contributed by atoms with Crippen molar-refractivity contribution in [2.24, 2.45) is 0 Å². The molecule has 0 radical (unpaired) electrons. The largest absolute Gasteiger partial charge is 0.496 e. The second-order valence-electron chi connectivity index (χ2n) is 6.64. The molecule has 0 fully saturated rings. The molecule has 0 saturated carbocycles. The van der Waals surface area contributed by atoms with E-state index in [1.165, 1.54) is 11.8 Å². The summed E-state index contributed by atoms with van der Waals surface area (Å²) < 4.78 is 12.5. The summed E-state index contributed by atoms with van der Waals surface area (Å²) >= 11 is 0. The molecule has 0 aliphatic rings. The highest BCUT2D eigenvalue weighted by Gasteiger charge is 2.09. The fourth-order valence-electron chi connectivity index (χ4n) is 3.24. The van der Waals surface area contributed by atoms with Crippen LogP contribution < -0.4 is 10.3 Å². The van der Waals surface area contributed by atoms with E-state index in [1.54, 1.807) is 31.2 Å². The molecule has 0 aliphatic carbocycles. The second kappa shape index (κ2) is 8.67. The van der Waals surface area contributed by atoms with E-state index in [2.05, 4.69) is 30.1 Å². The number of hydrogen-bond donors (Lipinski definition) is 0. The van der Waals surface area contributed by atoms with Gasteiger partial charge in [0.05, 0.1) is 19.9 Å². The molecule has 5 heteroatoms. The highest BCUT2D eigenvalue weighted by molar-refractivity contribution is 5.76. The Morgan fingerprint density at radius 2 is 1.86 bits per heavy atom. The summed E-state index contributed by atoms with van der Waals surface area (Å²) in [5, 5.41) is 0. The minimum Gasteiger partial charge on any atom is -0.496 e. The van der Waals surface area contributed by atoms with Gasteiger partial charge in [-0.05, 0) is 42.7 Å². The molecule has 0 bridgehead atoms. The summed E-state index contributed by atoms with van der Waals surface area (Å²) in [5.41, 5.74) is 5.83. The average molecular weight is 376 g/mol. The van der Waals surface area contributed by atoms with Gasteiger partial charge in [-0.15, -0.1) is 0 Å². The van der Waals surface area contributed by atoms with Crippen LogP contribution in [0.4, 0.5) is 0 Å². The third-order valence-electron chi connectivity index (χ3n) is 4.54. The molecule has 144 valence electrons. The first kappa shape index (κ1) is 19.6. The quantitative estimate of drug-likeness (QED) is 0.606. The maximum absolute atomic E-state index is 12.2. The van der Waals surface area contributed by atoms with Crippen LogP contribution >= 0.6 is 0 Å². The molecule has 0 unspecified atom stereocenters. The van der Waals surface area contributed by atoms with Crippen LogP contribution in [-0.4, -0.2) is 23.8 Å². The lowest BCUT2D eigenvalue weighted by Gasteiger charge is -2.13. The fraction of sp³-hybridized carbons (Fsp3) is 0.217. The van der Waals surface area contributed by atoms with Gasteiger partial charge in [0.2, 0.25) is 0 Å². The van der Waals surface area contributed by atoms with Crippen molar-refractivity contribution in [2.75, 3.05) is 14.2 Å². The van der Waals surface area contributed by atoms with Gasteiger partial charge in [-0.3, -0.25) is 14.3 Å². The molecule has 2 aromatic carbocycles. The number of rotatable bonds is 6. The van der Waals surface area contributed by atoms with Gasteiger partial charge >= 0.3 is 0 Å². The SMILES string of the molecule is COCc1cc(C)ccc1C=Cc1cc(-n2ccncc2=O)cc(C)c1OC. The molecule has 0 aliphatic heterocycles. The van der Waals surface area contributed by atoms with Gasteiger partial charge in [0.25, 0.3) is 5.56 Å². The van der Waals surface area contributed by atoms with Crippen LogP contribution in [0.2, 0.25) is 0 Å². The number of ether oxygens (including phenoxy) is 2. The maximum Gasteiger partial charge on any atom is 0.273 e. The third kappa shape index (κ3) is 4.21. The Morgan fingerprint density at radius 1 is 1.07 bits per heavy atom. The molecule has 0 saturated heterocycles. The fourth-order valence-corrected chi connectivity index (χ4v) is 3.24. The van der Waals surface area contributed by atoms with Crippen molar-refractivity contribution >= 4 is 12.2 Å². The monoisotopic (exact) mass is 376 g/mol. The van der Waals surface area contributed by atoms with E-state index in [-0.39, 0.29) is 5.56 Å². The number of methoxy groups -OCH3 is 2. The zero-order valence-corrected chi connectivity index (χ0v) is 16.6. The Morgan fingerprint density at radius 3 is 2.57 bits per heavy atom. The molecule has 1 heterocycles. The maximum atomic E-state index is 12.2. The Bertz CT molecular complexity index is 1070. The molecule has 0 spiro atoms. The minimum absolute atomic E-state index is 0.178. The molecular weight excluding hydrogens is 352 g/mol. The van der Waals surface area contributed by atoms with Crippen LogP contribution in [0, 0.1) is 13.8 Å². The zero-order valence-electron chi connectivity index (χ0n) is 16.6. The van der Waals surface area contributed by atoms with E-state index in [9.17, 15) is 4.79 Å². The van der Waals surface area contributed by atoms with E-state index in [0.29, 0.717) is 6.61 Å². The second-order valence-corrected chi connectivity index (χ2v) is 6.64. The standard InChI is InChI=1S/C23H24N2O3/c1-16-5-6-18(20(11-16)15-27-3)7-8-19-13-21(12-17(2)23(19)28-4)25-10-9-24-14-22(25)26/h5-14H,15H2,1-4H3. The summed E-state index contributed by atoms with van der Waals surface area (Å²) in [5.74, 6) is 0.780. The summed E-state index contributed by atoms with van der Waals surface area (Å²) in [6, 6.07) is 10.2. The molecule has 5 nitrogen and oxygen atoms in total. The summed E-state index contributed by atoms with van der Waals surface area (Å²) in [7, 11) is 3.35. The van der Waals surface area contributed by atoms with Gasteiger partial charge in [-0.2, -0.15) is 0 Å². The Kier molecular flexibility index (Phi) is 6.06. The molecule has 3 aromatic rings. The normalized spacial score (nSPS) is 11.1. The zero-order chi connectivity index (χ0) is 20.1. The van der Waals surface area contributed by atoms with E-state index in [1.807, 2.05) is 31.2 Å². The van der Waals surface area contributed by atoms with Crippen LogP contribution in [0.15, 0.2) is 53.7 Å². The van der Waals surface area contributed by atoms with Crippen LogP contribution in [0.25, 0.3) is 17.8 Å². The molecule has 28 heavy (non-hydrogen) atoms. The lowest BCUT2D eigenvalue weighted by atomic mass is 10.0. The summed E-state index contributed by atoms with van der Waals surface area (Å²) in [6.07, 6.45) is 8.61. The van der Waals surface area contributed by atoms with Crippen molar-refractivity contribution < 1.29 is 9.47 Å². The van der Waals surface area contributed by atoms with E-state index in [4.69, 9.17) is 9.47 Å². The minimum atomic E-state index is -0.178. The number of hydrogen-bond acceptors (Lipinski definition) is 4. The molecular formula is C23H24N2O3. The Labute approximate surface area is 164 Å². The van der Waals surface area contributed by atoms with Crippen LogP contribution in [0.5, 0.6) is 5.75 Å². The summed E-state index contributed by atoms with van der Waals surface area (Å²) in [6.45, 7) is 4.58. The van der Waals surface area contributed by atoms with Crippen molar-refractivity contribution in [1.29, 1.82) is 0 Å². The van der Waals surface area contributed by atoms with Crippen LogP contribution in [0.1, 0.15) is 27.8 Å². The third-order valence-corrected chi connectivity index (χ3v) is 4.54. The van der Waals surface area contributed by atoms with Gasteiger partial charge in [-0.1, -0.05) is 35.9 Å². The van der Waals surface area contributed by atoms with Crippen LogP contribution in [0.3, 0.4) is 0 Å². The van der Waals surface area contributed by atoms with Gasteiger partial charge in [0.15, 0.2) is 0 Å². The van der Waals surface area contributed by atoms with E-state index >= 15 is 0 Å². The van der Waals surface area contributed by atoms with Gasteiger partial charge in [0, 0.05) is 30.8 Å². The predicted molar refractivity (Wildman–Crippen MR) is 112 cm³/mol.